The van der Waals surface area contributed by atoms with Gasteiger partial charge in [0.05, 0.1) is 5.69 Å². The van der Waals surface area contributed by atoms with E-state index in [1.807, 2.05) is 6.07 Å². The van der Waals surface area contributed by atoms with Gasteiger partial charge in [-0.05, 0) is 30.7 Å². The Kier molecular flexibility index (Phi) is 4.74. The number of ether oxygens (including phenoxy) is 1. The van der Waals surface area contributed by atoms with Crippen LogP contribution in [0.25, 0.3) is 0 Å². The topological polar surface area (TPSA) is 58.6 Å². The van der Waals surface area contributed by atoms with Crippen molar-refractivity contribution in [3.63, 3.8) is 0 Å². The number of anilines is 1. The first-order valence-electron chi connectivity index (χ1n) is 7.68. The number of carbonyl (C=O) groups is 2. The molecule has 1 saturated heterocycles. The fraction of sp³-hybridized carbons (Fsp3) is 0.222. The summed E-state index contributed by atoms with van der Waals surface area (Å²) in [6.45, 7) is 0.192. The molecule has 0 unspecified atom stereocenters. The first-order valence-corrected chi connectivity index (χ1v) is 7.68. The van der Waals surface area contributed by atoms with Crippen LogP contribution in [-0.2, 0) is 9.59 Å². The molecule has 0 saturated carbocycles. The van der Waals surface area contributed by atoms with Crippen molar-refractivity contribution in [3.8, 4) is 5.75 Å². The summed E-state index contributed by atoms with van der Waals surface area (Å²) in [5.74, 6) is -0.565. The second-order valence-corrected chi connectivity index (χ2v) is 5.45. The normalized spacial score (nSPS) is 17.0. The van der Waals surface area contributed by atoms with Crippen molar-refractivity contribution in [2.75, 3.05) is 18.1 Å². The van der Waals surface area contributed by atoms with Crippen molar-refractivity contribution in [3.05, 3.63) is 60.4 Å². The molecule has 0 spiro atoms. The van der Waals surface area contributed by atoms with Gasteiger partial charge in [-0.25, -0.2) is 4.39 Å². The van der Waals surface area contributed by atoms with Crippen molar-refractivity contribution in [2.45, 2.75) is 12.5 Å². The van der Waals surface area contributed by atoms with Gasteiger partial charge in [-0.15, -0.1) is 0 Å². The number of rotatable bonds is 5. The average molecular weight is 328 g/mol. The molecule has 3 rings (SSSR count). The zero-order valence-electron chi connectivity index (χ0n) is 12.9. The van der Waals surface area contributed by atoms with E-state index in [0.29, 0.717) is 18.7 Å². The Hall–Kier alpha value is -2.89. The molecular formula is C18H17FN2O3. The van der Waals surface area contributed by atoms with Crippen LogP contribution in [0.15, 0.2) is 54.6 Å². The number of carbonyl (C=O) groups excluding carboxylic acids is 2. The highest BCUT2D eigenvalue weighted by Gasteiger charge is 2.34. The summed E-state index contributed by atoms with van der Waals surface area (Å²) in [5, 5.41) is 2.64. The van der Waals surface area contributed by atoms with E-state index in [4.69, 9.17) is 4.74 Å². The van der Waals surface area contributed by atoms with Crippen molar-refractivity contribution < 1.29 is 18.7 Å². The Morgan fingerprint density at radius 1 is 1.17 bits per heavy atom. The summed E-state index contributed by atoms with van der Waals surface area (Å²) in [5.41, 5.74) is 0.236. The third kappa shape index (κ3) is 3.53. The van der Waals surface area contributed by atoms with Gasteiger partial charge >= 0.3 is 0 Å². The van der Waals surface area contributed by atoms with Gasteiger partial charge in [0.15, 0.2) is 6.61 Å². The Labute approximate surface area is 139 Å². The van der Waals surface area contributed by atoms with E-state index in [-0.39, 0.29) is 24.1 Å². The summed E-state index contributed by atoms with van der Waals surface area (Å²) in [6, 6.07) is 14.4. The number of amides is 2. The molecule has 1 aliphatic rings. The van der Waals surface area contributed by atoms with Crippen molar-refractivity contribution in [2.24, 2.45) is 0 Å². The molecule has 2 aromatic rings. The van der Waals surface area contributed by atoms with E-state index in [2.05, 4.69) is 5.32 Å². The number of benzene rings is 2. The Bertz CT molecular complexity index is 736. The molecular weight excluding hydrogens is 311 g/mol. The minimum atomic E-state index is -0.656. The SMILES string of the molecule is O=C(COc1ccccc1)N[C@H]1CCN(c2ccccc2F)C1=O. The van der Waals surface area contributed by atoms with Gasteiger partial charge in [0, 0.05) is 6.54 Å². The minimum absolute atomic E-state index is 0.173. The van der Waals surface area contributed by atoms with Gasteiger partial charge < -0.3 is 15.0 Å². The maximum absolute atomic E-state index is 13.8. The summed E-state index contributed by atoms with van der Waals surface area (Å²) in [7, 11) is 0. The Balaban J connectivity index is 1.56. The van der Waals surface area contributed by atoms with E-state index in [0.717, 1.165) is 0 Å². The maximum Gasteiger partial charge on any atom is 0.258 e. The molecule has 6 heteroatoms. The van der Waals surface area contributed by atoms with E-state index in [9.17, 15) is 14.0 Å². The second-order valence-electron chi connectivity index (χ2n) is 5.45. The molecule has 0 aromatic heterocycles. The van der Waals surface area contributed by atoms with Crippen LogP contribution >= 0.6 is 0 Å². The van der Waals surface area contributed by atoms with Crippen LogP contribution in [0, 0.1) is 5.82 Å². The van der Waals surface area contributed by atoms with Crippen LogP contribution < -0.4 is 15.0 Å². The molecule has 1 N–H and O–H groups in total. The first-order chi connectivity index (χ1) is 11.6. The van der Waals surface area contributed by atoms with Crippen LogP contribution in [0.5, 0.6) is 5.75 Å². The lowest BCUT2D eigenvalue weighted by Crippen LogP contribution is -2.43. The maximum atomic E-state index is 13.8. The van der Waals surface area contributed by atoms with Gasteiger partial charge in [0.1, 0.15) is 17.6 Å². The lowest BCUT2D eigenvalue weighted by Gasteiger charge is -2.17. The zero-order chi connectivity index (χ0) is 16.9. The Morgan fingerprint density at radius 3 is 2.62 bits per heavy atom. The standard InChI is InChI=1S/C18H17FN2O3/c19-14-8-4-5-9-16(14)21-11-10-15(18(21)23)20-17(22)12-24-13-6-2-1-3-7-13/h1-9,15H,10-12H2,(H,20,22)/t15-/m0/s1. The minimum Gasteiger partial charge on any atom is -0.484 e. The van der Waals surface area contributed by atoms with Gasteiger partial charge in [-0.2, -0.15) is 0 Å². The predicted molar refractivity (Wildman–Crippen MR) is 87.2 cm³/mol. The summed E-state index contributed by atoms with van der Waals surface area (Å²) < 4.78 is 19.2. The van der Waals surface area contributed by atoms with Crippen molar-refractivity contribution >= 4 is 17.5 Å². The van der Waals surface area contributed by atoms with Gasteiger partial charge in [0.25, 0.3) is 5.91 Å². The molecule has 124 valence electrons. The van der Waals surface area contributed by atoms with E-state index < -0.39 is 11.9 Å². The molecule has 24 heavy (non-hydrogen) atoms. The highest BCUT2D eigenvalue weighted by atomic mass is 19.1. The molecule has 1 heterocycles. The molecule has 5 nitrogen and oxygen atoms in total. The number of para-hydroxylation sites is 2. The highest BCUT2D eigenvalue weighted by Crippen LogP contribution is 2.24. The van der Waals surface area contributed by atoms with E-state index in [1.54, 1.807) is 42.5 Å². The molecule has 1 fully saturated rings. The molecule has 2 amide bonds. The third-order valence-corrected chi connectivity index (χ3v) is 3.80. The molecule has 2 aromatic carbocycles. The number of nitrogens with one attached hydrogen (secondary N) is 1. The first kappa shape index (κ1) is 16.0. The van der Waals surface area contributed by atoms with Crippen molar-refractivity contribution in [1.82, 2.24) is 5.32 Å². The number of hydrogen-bond acceptors (Lipinski definition) is 3. The lowest BCUT2D eigenvalue weighted by atomic mass is 10.2. The van der Waals surface area contributed by atoms with E-state index >= 15 is 0 Å². The number of halogens is 1. The average Bonchev–Trinajstić information content (AvgIpc) is 2.95. The largest absolute Gasteiger partial charge is 0.484 e. The molecule has 1 atom stereocenters. The summed E-state index contributed by atoms with van der Waals surface area (Å²) in [6.07, 6.45) is 0.435. The smallest absolute Gasteiger partial charge is 0.258 e. The van der Waals surface area contributed by atoms with Crippen LogP contribution in [0.2, 0.25) is 0 Å². The van der Waals surface area contributed by atoms with Crippen LogP contribution in [0.1, 0.15) is 6.42 Å². The fourth-order valence-electron chi connectivity index (χ4n) is 2.63. The molecule has 0 bridgehead atoms. The van der Waals surface area contributed by atoms with Gasteiger partial charge in [0.2, 0.25) is 5.91 Å². The number of hydrogen-bond donors (Lipinski definition) is 1. The molecule has 0 radical (unpaired) electrons. The quantitative estimate of drug-likeness (QED) is 0.915. The molecule has 0 aliphatic carbocycles. The van der Waals surface area contributed by atoms with Crippen molar-refractivity contribution in [1.29, 1.82) is 0 Å². The second kappa shape index (κ2) is 7.12. The zero-order valence-corrected chi connectivity index (χ0v) is 12.9. The lowest BCUT2D eigenvalue weighted by molar-refractivity contribution is -0.127. The van der Waals surface area contributed by atoms with Gasteiger partial charge in [-0.1, -0.05) is 30.3 Å². The van der Waals surface area contributed by atoms with Crippen LogP contribution in [-0.4, -0.2) is 31.0 Å². The van der Waals surface area contributed by atoms with Crippen LogP contribution in [0.3, 0.4) is 0 Å². The van der Waals surface area contributed by atoms with Gasteiger partial charge in [-0.3, -0.25) is 9.59 Å². The fourth-order valence-corrected chi connectivity index (χ4v) is 2.63. The highest BCUT2D eigenvalue weighted by molar-refractivity contribution is 6.01. The predicted octanol–water partition coefficient (Wildman–Crippen LogP) is 2.13. The van der Waals surface area contributed by atoms with Crippen LogP contribution in [0.4, 0.5) is 10.1 Å². The summed E-state index contributed by atoms with van der Waals surface area (Å²) in [4.78, 5) is 25.7. The monoisotopic (exact) mass is 328 g/mol. The Morgan fingerprint density at radius 2 is 1.88 bits per heavy atom. The number of nitrogens with zero attached hydrogens (tertiary/aromatic N) is 1. The molecule has 1 aliphatic heterocycles. The van der Waals surface area contributed by atoms with E-state index in [1.165, 1.54) is 11.0 Å². The summed E-state index contributed by atoms with van der Waals surface area (Å²) >= 11 is 0. The third-order valence-electron chi connectivity index (χ3n) is 3.80.